The molecule has 1 heterocycles. The molecule has 0 saturated heterocycles. The van der Waals surface area contributed by atoms with Crippen molar-refractivity contribution in [3.63, 3.8) is 0 Å². The fourth-order valence-electron chi connectivity index (χ4n) is 0.876. The molecule has 0 unspecified atom stereocenters. The monoisotopic (exact) mass is 198 g/mol. The molecule has 0 aliphatic rings. The van der Waals surface area contributed by atoms with Gasteiger partial charge in [0.1, 0.15) is 6.29 Å². The Hall–Kier alpha value is -0.830. The number of carbonyl (C=O) groups is 1. The number of ether oxygens (including phenoxy) is 1. The summed E-state index contributed by atoms with van der Waals surface area (Å²) in [7, 11) is 0. The molecule has 0 fully saturated rings. The van der Waals surface area contributed by atoms with E-state index < -0.39 is 0 Å². The fraction of sp³-hybridized carbons (Fsp3) is 0.500. The third kappa shape index (κ3) is 3.59. The van der Waals surface area contributed by atoms with E-state index in [-0.39, 0.29) is 0 Å². The number of thiophene rings is 1. The zero-order chi connectivity index (χ0) is 9.68. The molecular formula is C10H14O2S. The second-order valence-corrected chi connectivity index (χ2v) is 4.43. The molecule has 13 heavy (non-hydrogen) atoms. The van der Waals surface area contributed by atoms with Gasteiger partial charge in [-0.15, -0.1) is 11.3 Å². The van der Waals surface area contributed by atoms with Crippen molar-refractivity contribution in [2.45, 2.75) is 20.3 Å². The zero-order valence-corrected chi connectivity index (χ0v) is 8.76. The molecule has 2 nitrogen and oxygen atoms in total. The Morgan fingerprint density at radius 3 is 2.92 bits per heavy atom. The van der Waals surface area contributed by atoms with E-state index in [0.717, 1.165) is 22.8 Å². The molecular weight excluding hydrogens is 184 g/mol. The first-order valence-corrected chi connectivity index (χ1v) is 5.19. The molecule has 1 aromatic rings. The molecule has 0 amide bonds. The summed E-state index contributed by atoms with van der Waals surface area (Å²) >= 11 is 1.55. The maximum atomic E-state index is 10.2. The Balaban J connectivity index is 2.44. The van der Waals surface area contributed by atoms with Crippen molar-refractivity contribution in [2.24, 2.45) is 5.92 Å². The highest BCUT2D eigenvalue weighted by molar-refractivity contribution is 7.13. The molecule has 3 heteroatoms. The number of hydrogen-bond acceptors (Lipinski definition) is 3. The summed E-state index contributed by atoms with van der Waals surface area (Å²) in [5.41, 5.74) is 0. The summed E-state index contributed by atoms with van der Waals surface area (Å²) in [6.45, 7) is 4.96. The predicted octanol–water partition coefficient (Wildman–Crippen LogP) is 2.52. The van der Waals surface area contributed by atoms with E-state index in [1.807, 2.05) is 12.1 Å². The highest BCUT2D eigenvalue weighted by Gasteiger charge is 2.01. The first kappa shape index (κ1) is 10.3. The van der Waals surface area contributed by atoms with Gasteiger partial charge in [-0.25, -0.2) is 0 Å². The Labute approximate surface area is 82.5 Å². The van der Waals surface area contributed by atoms with Crippen molar-refractivity contribution in [1.82, 2.24) is 0 Å². The van der Waals surface area contributed by atoms with Gasteiger partial charge in [0.15, 0.2) is 5.06 Å². The van der Waals surface area contributed by atoms with Crippen LogP contribution in [-0.2, 0) is 11.2 Å². The highest BCUT2D eigenvalue weighted by Crippen LogP contribution is 2.24. The molecule has 1 aromatic heterocycles. The Morgan fingerprint density at radius 1 is 1.54 bits per heavy atom. The van der Waals surface area contributed by atoms with Gasteiger partial charge in [0.25, 0.3) is 0 Å². The quantitative estimate of drug-likeness (QED) is 0.679. The molecule has 0 spiro atoms. The minimum Gasteiger partial charge on any atom is -0.484 e. The van der Waals surface area contributed by atoms with Crippen LogP contribution < -0.4 is 4.74 Å². The Kier molecular flexibility index (Phi) is 3.96. The summed E-state index contributed by atoms with van der Waals surface area (Å²) in [6.07, 6.45) is 1.41. The van der Waals surface area contributed by atoms with Gasteiger partial charge >= 0.3 is 0 Å². The van der Waals surface area contributed by atoms with Crippen molar-refractivity contribution >= 4 is 17.6 Å². The maximum absolute atomic E-state index is 10.2. The normalized spacial score (nSPS) is 10.4. The second kappa shape index (κ2) is 5.02. The largest absolute Gasteiger partial charge is 0.484 e. The van der Waals surface area contributed by atoms with Crippen molar-refractivity contribution in [3.8, 4) is 5.06 Å². The van der Waals surface area contributed by atoms with Crippen LogP contribution in [0.5, 0.6) is 5.06 Å². The molecule has 0 aliphatic heterocycles. The molecule has 1 rings (SSSR count). The highest BCUT2D eigenvalue weighted by atomic mass is 32.1. The van der Waals surface area contributed by atoms with Gasteiger partial charge in [-0.1, -0.05) is 13.8 Å². The van der Waals surface area contributed by atoms with Crippen molar-refractivity contribution in [3.05, 3.63) is 17.0 Å². The minimum atomic E-state index is 0.496. The van der Waals surface area contributed by atoms with E-state index in [1.165, 1.54) is 0 Å². The average Bonchev–Trinajstić information content (AvgIpc) is 2.50. The lowest BCUT2D eigenvalue weighted by atomic mass is 10.2. The SMILES string of the molecule is CC(C)COc1ccc(CC=O)s1. The van der Waals surface area contributed by atoms with E-state index in [4.69, 9.17) is 4.74 Å². The third-order valence-corrected chi connectivity index (χ3v) is 2.50. The average molecular weight is 198 g/mol. The molecule has 0 bridgehead atoms. The number of hydrogen-bond donors (Lipinski definition) is 0. The first-order chi connectivity index (χ1) is 6.22. The van der Waals surface area contributed by atoms with Gasteiger partial charge in [0.2, 0.25) is 0 Å². The van der Waals surface area contributed by atoms with Crippen LogP contribution in [0.2, 0.25) is 0 Å². The van der Waals surface area contributed by atoms with Gasteiger partial charge in [-0.3, -0.25) is 0 Å². The first-order valence-electron chi connectivity index (χ1n) is 4.37. The van der Waals surface area contributed by atoms with E-state index in [9.17, 15) is 4.79 Å². The molecule has 0 saturated carbocycles. The van der Waals surface area contributed by atoms with Gasteiger partial charge in [0.05, 0.1) is 6.61 Å². The van der Waals surface area contributed by atoms with E-state index in [1.54, 1.807) is 11.3 Å². The molecule has 0 atom stereocenters. The van der Waals surface area contributed by atoms with E-state index >= 15 is 0 Å². The molecule has 0 N–H and O–H groups in total. The molecule has 0 aromatic carbocycles. The number of aldehydes is 1. The second-order valence-electron chi connectivity index (χ2n) is 3.30. The standard InChI is InChI=1S/C10H14O2S/c1-8(2)7-12-10-4-3-9(13-10)5-6-11/h3-4,6,8H,5,7H2,1-2H3. The van der Waals surface area contributed by atoms with Crippen molar-refractivity contribution in [2.75, 3.05) is 6.61 Å². The van der Waals surface area contributed by atoms with Gasteiger partial charge in [0, 0.05) is 11.3 Å². The Bertz CT molecular complexity index is 266. The van der Waals surface area contributed by atoms with Crippen LogP contribution in [0.4, 0.5) is 0 Å². The van der Waals surface area contributed by atoms with Crippen molar-refractivity contribution < 1.29 is 9.53 Å². The minimum absolute atomic E-state index is 0.496. The van der Waals surface area contributed by atoms with Crippen LogP contribution in [0.15, 0.2) is 12.1 Å². The summed E-state index contributed by atoms with van der Waals surface area (Å²) in [5.74, 6) is 0.539. The van der Waals surface area contributed by atoms with Crippen LogP contribution >= 0.6 is 11.3 Å². The Morgan fingerprint density at radius 2 is 2.31 bits per heavy atom. The fourth-order valence-corrected chi connectivity index (χ4v) is 1.69. The predicted molar refractivity (Wildman–Crippen MR) is 54.4 cm³/mol. The lowest BCUT2D eigenvalue weighted by Crippen LogP contribution is -2.02. The van der Waals surface area contributed by atoms with Crippen LogP contribution in [-0.4, -0.2) is 12.9 Å². The maximum Gasteiger partial charge on any atom is 0.174 e. The topological polar surface area (TPSA) is 26.3 Å². The van der Waals surface area contributed by atoms with Gasteiger partial charge in [-0.2, -0.15) is 0 Å². The summed E-state index contributed by atoms with van der Waals surface area (Å²) in [4.78, 5) is 11.3. The third-order valence-electron chi connectivity index (χ3n) is 1.48. The van der Waals surface area contributed by atoms with Gasteiger partial charge in [-0.05, 0) is 18.1 Å². The lowest BCUT2D eigenvalue weighted by molar-refractivity contribution is -0.107. The molecule has 72 valence electrons. The van der Waals surface area contributed by atoms with Gasteiger partial charge < -0.3 is 9.53 Å². The molecule has 0 aliphatic carbocycles. The number of carbonyl (C=O) groups excluding carboxylic acids is 1. The smallest absolute Gasteiger partial charge is 0.174 e. The lowest BCUT2D eigenvalue weighted by Gasteiger charge is -2.04. The van der Waals surface area contributed by atoms with Crippen LogP contribution in [0.3, 0.4) is 0 Å². The van der Waals surface area contributed by atoms with E-state index in [0.29, 0.717) is 12.3 Å². The van der Waals surface area contributed by atoms with Crippen LogP contribution in [0.25, 0.3) is 0 Å². The summed E-state index contributed by atoms with van der Waals surface area (Å²) in [6, 6.07) is 3.86. The van der Waals surface area contributed by atoms with Crippen molar-refractivity contribution in [1.29, 1.82) is 0 Å². The molecule has 0 radical (unpaired) electrons. The van der Waals surface area contributed by atoms with Crippen LogP contribution in [0, 0.1) is 5.92 Å². The summed E-state index contributed by atoms with van der Waals surface area (Å²) < 4.78 is 5.50. The summed E-state index contributed by atoms with van der Waals surface area (Å²) in [5, 5.41) is 0.908. The zero-order valence-electron chi connectivity index (χ0n) is 7.95. The van der Waals surface area contributed by atoms with E-state index in [2.05, 4.69) is 13.8 Å². The van der Waals surface area contributed by atoms with Crippen LogP contribution in [0.1, 0.15) is 18.7 Å². The number of rotatable bonds is 5.